The van der Waals surface area contributed by atoms with Crippen LogP contribution in [-0.2, 0) is 11.3 Å². The molecular formula is C16H12N4O5. The number of anilines is 1. The summed E-state index contributed by atoms with van der Waals surface area (Å²) in [5.41, 5.74) is 0.891. The summed E-state index contributed by atoms with van der Waals surface area (Å²) in [6, 6.07) is 9.79. The Morgan fingerprint density at radius 3 is 2.88 bits per heavy atom. The molecule has 3 aromatic rings. The molecule has 0 aliphatic carbocycles. The number of rotatable bonds is 4. The highest BCUT2D eigenvalue weighted by Crippen LogP contribution is 2.35. The van der Waals surface area contributed by atoms with Crippen molar-refractivity contribution in [2.45, 2.75) is 6.54 Å². The minimum atomic E-state index is -0.439. The van der Waals surface area contributed by atoms with Crippen LogP contribution in [0.25, 0.3) is 11.3 Å². The molecule has 126 valence electrons. The second-order valence-electron chi connectivity index (χ2n) is 5.22. The zero-order valence-electron chi connectivity index (χ0n) is 12.8. The summed E-state index contributed by atoms with van der Waals surface area (Å²) in [6.07, 6.45) is 1.33. The summed E-state index contributed by atoms with van der Waals surface area (Å²) in [5.74, 6) is 1.10. The van der Waals surface area contributed by atoms with Gasteiger partial charge in [-0.3, -0.25) is 9.59 Å². The summed E-state index contributed by atoms with van der Waals surface area (Å²) in [4.78, 5) is 24.0. The van der Waals surface area contributed by atoms with E-state index in [1.807, 2.05) is 0 Å². The van der Waals surface area contributed by atoms with Crippen molar-refractivity contribution in [3.05, 3.63) is 53.0 Å². The first kappa shape index (κ1) is 14.9. The number of nitrogens with zero attached hydrogens (tertiary/aromatic N) is 3. The molecule has 0 saturated heterocycles. The number of carbonyl (C=O) groups is 1. The molecular weight excluding hydrogens is 328 g/mol. The molecule has 1 aromatic carbocycles. The van der Waals surface area contributed by atoms with Gasteiger partial charge in [0.25, 0.3) is 5.56 Å². The molecule has 0 bridgehead atoms. The van der Waals surface area contributed by atoms with Crippen molar-refractivity contribution in [2.75, 3.05) is 12.1 Å². The van der Waals surface area contributed by atoms with E-state index in [1.54, 1.807) is 24.3 Å². The molecule has 2 aromatic heterocycles. The van der Waals surface area contributed by atoms with Gasteiger partial charge in [0.1, 0.15) is 12.8 Å². The first-order valence-corrected chi connectivity index (χ1v) is 7.37. The predicted molar refractivity (Wildman–Crippen MR) is 85.2 cm³/mol. The predicted octanol–water partition coefficient (Wildman–Crippen LogP) is 1.27. The number of ether oxygens (including phenoxy) is 2. The number of nitrogens with one attached hydrogen (secondary N) is 1. The van der Waals surface area contributed by atoms with Gasteiger partial charge in [-0.05, 0) is 24.3 Å². The maximum absolute atomic E-state index is 12.0. The normalized spacial score (nSPS) is 12.2. The average molecular weight is 340 g/mol. The van der Waals surface area contributed by atoms with Gasteiger partial charge in [0.05, 0.1) is 5.69 Å². The molecule has 1 amide bonds. The summed E-state index contributed by atoms with van der Waals surface area (Å²) < 4.78 is 16.3. The number of hydrogen-bond donors (Lipinski definition) is 1. The molecule has 1 N–H and O–H groups in total. The summed E-state index contributed by atoms with van der Waals surface area (Å²) >= 11 is 0. The lowest BCUT2D eigenvalue weighted by Gasteiger charge is -2.07. The molecule has 0 spiro atoms. The van der Waals surface area contributed by atoms with Crippen LogP contribution >= 0.6 is 0 Å². The minimum Gasteiger partial charge on any atom is -0.454 e. The van der Waals surface area contributed by atoms with Gasteiger partial charge in [-0.15, -0.1) is 0 Å². The van der Waals surface area contributed by atoms with Crippen molar-refractivity contribution in [1.82, 2.24) is 14.9 Å². The zero-order valence-corrected chi connectivity index (χ0v) is 12.8. The van der Waals surface area contributed by atoms with Crippen molar-refractivity contribution < 1.29 is 18.8 Å². The Morgan fingerprint density at radius 1 is 1.16 bits per heavy atom. The Morgan fingerprint density at radius 2 is 2.04 bits per heavy atom. The van der Waals surface area contributed by atoms with E-state index in [0.717, 1.165) is 10.2 Å². The fourth-order valence-electron chi connectivity index (χ4n) is 2.37. The molecule has 4 rings (SSSR count). The molecule has 3 heterocycles. The van der Waals surface area contributed by atoms with Crippen LogP contribution in [0.3, 0.4) is 0 Å². The largest absolute Gasteiger partial charge is 0.454 e. The van der Waals surface area contributed by atoms with Crippen molar-refractivity contribution >= 4 is 11.7 Å². The number of hydrogen-bond acceptors (Lipinski definition) is 7. The number of carbonyl (C=O) groups excluding carboxylic acids is 1. The van der Waals surface area contributed by atoms with Gasteiger partial charge < -0.3 is 19.3 Å². The Kier molecular flexibility index (Phi) is 3.65. The molecule has 0 radical (unpaired) electrons. The molecule has 0 atom stereocenters. The monoisotopic (exact) mass is 340 g/mol. The highest BCUT2D eigenvalue weighted by Gasteiger charge is 2.15. The minimum absolute atomic E-state index is 0.175. The summed E-state index contributed by atoms with van der Waals surface area (Å²) in [6.45, 7) is -0.0714. The van der Waals surface area contributed by atoms with Gasteiger partial charge in [-0.2, -0.15) is 5.10 Å². The van der Waals surface area contributed by atoms with Crippen LogP contribution in [0.1, 0.15) is 0 Å². The maximum Gasteiger partial charge on any atom is 0.267 e. The highest BCUT2D eigenvalue weighted by molar-refractivity contribution is 5.89. The van der Waals surface area contributed by atoms with E-state index < -0.39 is 5.91 Å². The van der Waals surface area contributed by atoms with Gasteiger partial charge in [0, 0.05) is 17.7 Å². The molecule has 9 heteroatoms. The fraction of sp³-hybridized carbons (Fsp3) is 0.125. The smallest absolute Gasteiger partial charge is 0.267 e. The standard InChI is InChI=1S/C16H12N4O5/c21-15(17-14-5-6-25-19-14)8-20-16(22)4-2-11(18-20)10-1-3-12-13(7-10)24-9-23-12/h1-7H,8-9H2,(H,17,19,21). The second kappa shape index (κ2) is 6.11. The first-order chi connectivity index (χ1) is 12.2. The zero-order chi connectivity index (χ0) is 17.2. The molecule has 25 heavy (non-hydrogen) atoms. The molecule has 0 unspecified atom stereocenters. The van der Waals surface area contributed by atoms with Gasteiger partial charge in [0.15, 0.2) is 17.3 Å². The van der Waals surface area contributed by atoms with Gasteiger partial charge in [-0.25, -0.2) is 4.68 Å². The molecule has 0 fully saturated rings. The van der Waals surface area contributed by atoms with Crippen molar-refractivity contribution in [3.8, 4) is 22.8 Å². The SMILES string of the molecule is O=C(Cn1nc(-c2ccc3c(c2)OCO3)ccc1=O)Nc1ccon1. The van der Waals surface area contributed by atoms with Gasteiger partial charge in [-0.1, -0.05) is 5.16 Å². The van der Waals surface area contributed by atoms with Crippen LogP contribution < -0.4 is 20.3 Å². The topological polar surface area (TPSA) is 108 Å². The molecule has 1 aliphatic heterocycles. The van der Waals surface area contributed by atoms with Crippen LogP contribution in [0.4, 0.5) is 5.82 Å². The van der Waals surface area contributed by atoms with E-state index in [9.17, 15) is 9.59 Å². The van der Waals surface area contributed by atoms with E-state index in [0.29, 0.717) is 17.2 Å². The van der Waals surface area contributed by atoms with E-state index in [-0.39, 0.29) is 24.7 Å². The molecule has 0 saturated carbocycles. The number of fused-ring (bicyclic) bond motifs is 1. The van der Waals surface area contributed by atoms with Crippen LogP contribution in [0, 0.1) is 0 Å². The number of benzene rings is 1. The van der Waals surface area contributed by atoms with Crippen molar-refractivity contribution in [2.24, 2.45) is 0 Å². The van der Waals surface area contributed by atoms with Crippen LogP contribution in [0.2, 0.25) is 0 Å². The van der Waals surface area contributed by atoms with E-state index in [4.69, 9.17) is 9.47 Å². The Labute approximate surface area is 140 Å². The third-order valence-electron chi connectivity index (χ3n) is 3.53. The lowest BCUT2D eigenvalue weighted by atomic mass is 10.1. The van der Waals surface area contributed by atoms with Crippen molar-refractivity contribution in [3.63, 3.8) is 0 Å². The van der Waals surface area contributed by atoms with Crippen molar-refractivity contribution in [1.29, 1.82) is 0 Å². The van der Waals surface area contributed by atoms with Crippen LogP contribution in [-0.4, -0.2) is 27.6 Å². The van der Waals surface area contributed by atoms with Gasteiger partial charge >= 0.3 is 0 Å². The average Bonchev–Trinajstić information content (AvgIpc) is 3.27. The van der Waals surface area contributed by atoms with Gasteiger partial charge in [0.2, 0.25) is 12.7 Å². The first-order valence-electron chi connectivity index (χ1n) is 7.37. The Bertz CT molecular complexity index is 980. The Hall–Kier alpha value is -3.62. The number of amides is 1. The van der Waals surface area contributed by atoms with E-state index in [2.05, 4.69) is 20.1 Å². The summed E-state index contributed by atoms with van der Waals surface area (Å²) in [7, 11) is 0. The molecule has 9 nitrogen and oxygen atoms in total. The quantitative estimate of drug-likeness (QED) is 0.761. The Balaban J connectivity index is 1.58. The number of aromatic nitrogens is 3. The highest BCUT2D eigenvalue weighted by atomic mass is 16.7. The lowest BCUT2D eigenvalue weighted by molar-refractivity contribution is -0.117. The maximum atomic E-state index is 12.0. The second-order valence-corrected chi connectivity index (χ2v) is 5.22. The van der Waals surface area contributed by atoms with Crippen LogP contribution in [0.5, 0.6) is 11.5 Å². The summed E-state index contributed by atoms with van der Waals surface area (Å²) in [5, 5.41) is 10.3. The third kappa shape index (κ3) is 3.07. The lowest BCUT2D eigenvalue weighted by Crippen LogP contribution is -2.29. The van der Waals surface area contributed by atoms with Crippen LogP contribution in [0.15, 0.2) is 52.0 Å². The van der Waals surface area contributed by atoms with E-state index >= 15 is 0 Å². The fourth-order valence-corrected chi connectivity index (χ4v) is 2.37. The molecule has 1 aliphatic rings. The third-order valence-corrected chi connectivity index (χ3v) is 3.53. The van der Waals surface area contributed by atoms with E-state index in [1.165, 1.54) is 18.4 Å².